The number of ether oxygens (including phenoxy) is 2. The molecule has 2 amide bonds. The van der Waals surface area contributed by atoms with E-state index in [0.717, 1.165) is 0 Å². The summed E-state index contributed by atoms with van der Waals surface area (Å²) in [6.45, 7) is 2.53. The van der Waals surface area contributed by atoms with Crippen molar-refractivity contribution < 1.29 is 41.6 Å². The van der Waals surface area contributed by atoms with Crippen LogP contribution in [0.25, 0.3) is 6.08 Å². The van der Waals surface area contributed by atoms with Gasteiger partial charge in [-0.1, -0.05) is 6.07 Å². The Kier molecular flexibility index (Phi) is 7.66. The van der Waals surface area contributed by atoms with Gasteiger partial charge in [-0.2, -0.15) is 8.42 Å². The topological polar surface area (TPSA) is 148 Å². The monoisotopic (exact) mass is 462 g/mol. The Morgan fingerprint density at radius 1 is 1.13 bits per heavy atom. The fraction of sp³-hybridized carbons (Fsp3) is 0.333. The molecule has 0 spiro atoms. The molecule has 1 aromatic rings. The number of carbonyl (C=O) groups excluding carboxylic acids is 4. The first-order chi connectivity index (χ1) is 14.0. The third-order valence-electron chi connectivity index (χ3n) is 4.56. The Bertz CT molecular complexity index is 1070. The molecule has 31 heavy (non-hydrogen) atoms. The molecule has 13 heteroatoms. The van der Waals surface area contributed by atoms with E-state index in [9.17, 15) is 27.6 Å². The van der Waals surface area contributed by atoms with Crippen LogP contribution in [0.1, 0.15) is 25.8 Å². The summed E-state index contributed by atoms with van der Waals surface area (Å²) in [5.41, 5.74) is 0.450. The number of nitrogens with zero attached hydrogens (tertiary/aromatic N) is 2. The molecular weight excluding hydrogens is 443 g/mol. The minimum atomic E-state index is -4.65. The molecule has 2 fully saturated rings. The zero-order valence-electron chi connectivity index (χ0n) is 16.0. The minimum absolute atomic E-state index is 0. The van der Waals surface area contributed by atoms with E-state index in [1.807, 2.05) is 0 Å². The fourth-order valence-corrected chi connectivity index (χ4v) is 4.33. The van der Waals surface area contributed by atoms with Crippen molar-refractivity contribution in [3.05, 3.63) is 29.8 Å². The van der Waals surface area contributed by atoms with Crippen LogP contribution in [0, 0.1) is 0 Å². The van der Waals surface area contributed by atoms with E-state index >= 15 is 0 Å². The van der Waals surface area contributed by atoms with Gasteiger partial charge in [-0.3, -0.25) is 23.7 Å². The predicted octanol–water partition coefficient (Wildman–Crippen LogP) is -0.484. The van der Waals surface area contributed by atoms with Crippen LogP contribution in [-0.4, -0.2) is 94.1 Å². The Labute approximate surface area is 200 Å². The van der Waals surface area contributed by atoms with E-state index in [2.05, 4.69) is 0 Å². The fourth-order valence-electron chi connectivity index (χ4n) is 3.43. The van der Waals surface area contributed by atoms with Crippen LogP contribution in [0.5, 0.6) is 11.5 Å². The number of rotatable bonds is 5. The molecule has 0 bridgehead atoms. The van der Waals surface area contributed by atoms with Crippen LogP contribution in [0.3, 0.4) is 0 Å². The summed E-state index contributed by atoms with van der Waals surface area (Å²) in [5, 5.41) is 0. The summed E-state index contributed by atoms with van der Waals surface area (Å²) in [7, 11) is -4.65. The number of amides is 2. The van der Waals surface area contributed by atoms with Crippen molar-refractivity contribution in [1.29, 1.82) is 0 Å². The molecule has 0 unspecified atom stereocenters. The number of carbonyl (C=O) groups is 4. The first kappa shape index (κ1) is 25.0. The van der Waals surface area contributed by atoms with Crippen LogP contribution >= 0.6 is 0 Å². The quantitative estimate of drug-likeness (QED) is 0.153. The van der Waals surface area contributed by atoms with Gasteiger partial charge in [-0.05, 0) is 30.2 Å². The number of fused-ring (bicyclic) bond motifs is 1. The second-order valence-corrected chi connectivity index (χ2v) is 7.96. The number of benzene rings is 1. The molecule has 0 aliphatic carbocycles. The van der Waals surface area contributed by atoms with Gasteiger partial charge in [-0.25, -0.2) is 4.31 Å². The second kappa shape index (κ2) is 9.49. The zero-order chi connectivity index (χ0) is 22.2. The summed E-state index contributed by atoms with van der Waals surface area (Å²) in [6, 6.07) is 2.60. The van der Waals surface area contributed by atoms with Crippen LogP contribution in [0.15, 0.2) is 24.3 Å². The summed E-state index contributed by atoms with van der Waals surface area (Å²) in [4.78, 5) is 48.2. The first-order valence-corrected chi connectivity index (χ1v) is 10.2. The molecule has 162 valence electrons. The van der Waals surface area contributed by atoms with Gasteiger partial charge in [0, 0.05) is 26.5 Å². The van der Waals surface area contributed by atoms with Gasteiger partial charge >= 0.3 is 51.8 Å². The summed E-state index contributed by atoms with van der Waals surface area (Å²) < 4.78 is 41.9. The van der Waals surface area contributed by atoms with Crippen molar-refractivity contribution >= 4 is 69.7 Å². The van der Waals surface area contributed by atoms with Gasteiger partial charge in [0.2, 0.25) is 5.91 Å². The average molecular weight is 462 g/mol. The second-order valence-electron chi connectivity index (χ2n) is 6.67. The summed E-state index contributed by atoms with van der Waals surface area (Å²) in [6.07, 6.45) is 2.82. The molecule has 2 aliphatic rings. The summed E-state index contributed by atoms with van der Waals surface area (Å²) >= 11 is 0. The average Bonchev–Trinajstić information content (AvgIpc) is 2.98. The molecule has 0 aromatic heterocycles. The van der Waals surface area contributed by atoms with Gasteiger partial charge in [-0.15, -0.1) is 0 Å². The van der Waals surface area contributed by atoms with Crippen molar-refractivity contribution in [3.8, 4) is 11.5 Å². The van der Waals surface area contributed by atoms with Crippen molar-refractivity contribution in [1.82, 2.24) is 9.21 Å². The molecule has 11 nitrogen and oxygen atoms in total. The van der Waals surface area contributed by atoms with E-state index in [1.54, 1.807) is 0 Å². The van der Waals surface area contributed by atoms with E-state index < -0.39 is 46.1 Å². The molecule has 1 N–H and O–H groups in total. The number of esters is 2. The number of likely N-dealkylation sites (tertiary alicyclic amines) is 1. The van der Waals surface area contributed by atoms with Crippen molar-refractivity contribution in [2.75, 3.05) is 6.54 Å². The van der Waals surface area contributed by atoms with E-state index in [0.29, 0.717) is 9.87 Å². The first-order valence-electron chi connectivity index (χ1n) is 8.79. The van der Waals surface area contributed by atoms with Gasteiger partial charge < -0.3 is 14.4 Å². The number of β-lactam (4-membered cyclic amide) rings is 1. The molecule has 2 atom stereocenters. The number of hydrogen-bond donors (Lipinski definition) is 1. The van der Waals surface area contributed by atoms with Crippen LogP contribution in [-0.2, 0) is 29.5 Å². The molecule has 2 aliphatic heterocycles. The third-order valence-corrected chi connectivity index (χ3v) is 5.51. The van der Waals surface area contributed by atoms with Crippen molar-refractivity contribution in [2.24, 2.45) is 0 Å². The van der Waals surface area contributed by atoms with Crippen LogP contribution in [0.2, 0.25) is 0 Å². The Morgan fingerprint density at radius 2 is 1.74 bits per heavy atom. The van der Waals surface area contributed by atoms with Crippen molar-refractivity contribution in [2.45, 2.75) is 32.4 Å². The maximum atomic E-state index is 12.5. The third kappa shape index (κ3) is 5.33. The molecule has 1 aromatic carbocycles. The Balaban J connectivity index is 0.00000341. The zero-order valence-corrected chi connectivity index (χ0v) is 16.8. The maximum absolute atomic E-state index is 12.5. The van der Waals surface area contributed by atoms with Crippen LogP contribution in [0.4, 0.5) is 0 Å². The Morgan fingerprint density at radius 3 is 2.32 bits per heavy atom. The Hall–Kier alpha value is -2.25. The van der Waals surface area contributed by atoms with Gasteiger partial charge in [0.15, 0.2) is 11.5 Å². The predicted molar refractivity (Wildman–Crippen MR) is 108 cm³/mol. The molecule has 0 radical (unpaired) electrons. The molecule has 2 heterocycles. The molecule has 2 saturated heterocycles. The van der Waals surface area contributed by atoms with E-state index in [-0.39, 0.29) is 54.0 Å². The van der Waals surface area contributed by atoms with E-state index in [1.165, 1.54) is 49.1 Å². The van der Waals surface area contributed by atoms with Gasteiger partial charge in [0.25, 0.3) is 5.91 Å². The van der Waals surface area contributed by atoms with Gasteiger partial charge in [0.05, 0.1) is 6.04 Å². The number of hydrogen-bond acceptors (Lipinski definition) is 8. The van der Waals surface area contributed by atoms with Crippen molar-refractivity contribution in [3.63, 3.8) is 0 Å². The van der Waals surface area contributed by atoms with Gasteiger partial charge in [0.1, 0.15) is 6.04 Å². The summed E-state index contributed by atoms with van der Waals surface area (Å²) in [5.74, 6) is -2.58. The van der Waals surface area contributed by atoms with E-state index in [4.69, 9.17) is 14.0 Å². The molecule has 0 saturated carbocycles. The molecule has 3 rings (SSSR count). The van der Waals surface area contributed by atoms with Crippen LogP contribution < -0.4 is 9.47 Å². The normalized spacial score (nSPS) is 20.0. The SMILES string of the molecule is CC(=O)Oc1ccc(/C=C/C(=O)N2CC[C@@H]3[C@H]2C(=O)N3S(=O)(=O)O)cc1OC(C)=O.[NaH]. The standard InChI is InChI=1S/C18H18N2O9S.Na.H/c1-10(21)28-14-5-3-12(9-15(14)29-11(2)22)4-6-16(23)19-8-7-13-17(19)18(24)20(13)30(25,26)27;;/h3-6,9,13,17H,7-8H2,1-2H3,(H,25,26,27);;/b6-4+;;/t13-,17+;;/m1../s1. The molecular formula is C18H19N2NaO9S.